The number of hydrogen-bond donors (Lipinski definition) is 2. The van der Waals surface area contributed by atoms with E-state index in [2.05, 4.69) is 5.32 Å². The van der Waals surface area contributed by atoms with E-state index in [0.29, 0.717) is 5.56 Å². The monoisotopic (exact) mass is 279 g/mol. The molecule has 1 atom stereocenters. The molecule has 0 spiro atoms. The number of rotatable bonds is 5. The summed E-state index contributed by atoms with van der Waals surface area (Å²) in [4.78, 5) is 23.0. The lowest BCUT2D eigenvalue weighted by Gasteiger charge is -2.20. The third-order valence-corrected chi connectivity index (χ3v) is 3.69. The lowest BCUT2D eigenvalue weighted by atomic mass is 10.0. The van der Waals surface area contributed by atoms with Gasteiger partial charge in [0.2, 0.25) is 5.91 Å². The lowest BCUT2D eigenvalue weighted by molar-refractivity contribution is -0.137. The van der Waals surface area contributed by atoms with E-state index in [4.69, 9.17) is 5.11 Å². The molecule has 1 aromatic carbocycles. The van der Waals surface area contributed by atoms with Gasteiger partial charge in [0.05, 0.1) is 12.5 Å². The number of aliphatic carboxylic acids is 1. The molecule has 1 amide bonds. The minimum absolute atomic E-state index is 0.0215. The van der Waals surface area contributed by atoms with Gasteiger partial charge in [0.1, 0.15) is 5.82 Å². The quantitative estimate of drug-likeness (QED) is 0.870. The van der Waals surface area contributed by atoms with Crippen LogP contribution in [0.2, 0.25) is 0 Å². The Bertz CT molecular complexity index is 480. The zero-order chi connectivity index (χ0) is 14.5. The summed E-state index contributed by atoms with van der Waals surface area (Å²) in [6.07, 6.45) is 3.59. The summed E-state index contributed by atoms with van der Waals surface area (Å²) in [6, 6.07) is 4.95. The third kappa shape index (κ3) is 3.79. The van der Waals surface area contributed by atoms with Crippen LogP contribution in [0, 0.1) is 11.7 Å². The van der Waals surface area contributed by atoms with Crippen LogP contribution in [0.15, 0.2) is 24.3 Å². The number of carboxylic acids is 1. The maximum Gasteiger partial charge on any atom is 0.305 e. The van der Waals surface area contributed by atoms with Crippen LogP contribution in [-0.4, -0.2) is 17.0 Å². The smallest absolute Gasteiger partial charge is 0.305 e. The number of benzene rings is 1. The highest BCUT2D eigenvalue weighted by Gasteiger charge is 2.26. The maximum absolute atomic E-state index is 12.9. The van der Waals surface area contributed by atoms with Crippen molar-refractivity contribution in [1.82, 2.24) is 5.32 Å². The summed E-state index contributed by atoms with van der Waals surface area (Å²) >= 11 is 0. The molecule has 0 aromatic heterocycles. The lowest BCUT2D eigenvalue weighted by Crippen LogP contribution is -2.34. The molecular weight excluding hydrogens is 261 g/mol. The van der Waals surface area contributed by atoms with Gasteiger partial charge >= 0.3 is 5.97 Å². The largest absolute Gasteiger partial charge is 0.481 e. The molecule has 108 valence electrons. The minimum atomic E-state index is -0.994. The summed E-state index contributed by atoms with van der Waals surface area (Å²) in [5.41, 5.74) is 0.611. The minimum Gasteiger partial charge on any atom is -0.481 e. The Hall–Kier alpha value is -1.91. The highest BCUT2D eigenvalue weighted by Crippen LogP contribution is 2.26. The van der Waals surface area contributed by atoms with Crippen molar-refractivity contribution in [2.75, 3.05) is 0 Å². The van der Waals surface area contributed by atoms with Gasteiger partial charge < -0.3 is 10.4 Å². The van der Waals surface area contributed by atoms with Gasteiger partial charge in [0.25, 0.3) is 0 Å². The third-order valence-electron chi connectivity index (χ3n) is 3.69. The van der Waals surface area contributed by atoms with Crippen molar-refractivity contribution in [3.8, 4) is 0 Å². The molecule has 2 rings (SSSR count). The number of carboxylic acid groups (broad SMARTS) is 1. The Morgan fingerprint density at radius 1 is 1.25 bits per heavy atom. The van der Waals surface area contributed by atoms with E-state index in [1.54, 1.807) is 0 Å². The van der Waals surface area contributed by atoms with Crippen molar-refractivity contribution in [1.29, 1.82) is 0 Å². The van der Waals surface area contributed by atoms with Crippen molar-refractivity contribution in [3.63, 3.8) is 0 Å². The Labute approximate surface area is 117 Å². The molecule has 0 radical (unpaired) electrons. The van der Waals surface area contributed by atoms with Crippen LogP contribution in [0.4, 0.5) is 4.39 Å². The normalized spacial score (nSPS) is 16.9. The molecule has 2 N–H and O–H groups in total. The first-order valence-electron chi connectivity index (χ1n) is 6.84. The van der Waals surface area contributed by atoms with Gasteiger partial charge in [0, 0.05) is 5.92 Å². The van der Waals surface area contributed by atoms with Gasteiger partial charge in [0.15, 0.2) is 0 Å². The Morgan fingerprint density at radius 2 is 1.85 bits per heavy atom. The molecule has 0 bridgehead atoms. The molecule has 1 aliphatic carbocycles. The average Bonchev–Trinajstić information content (AvgIpc) is 2.92. The van der Waals surface area contributed by atoms with E-state index in [9.17, 15) is 14.0 Å². The zero-order valence-electron chi connectivity index (χ0n) is 11.1. The molecular formula is C15H18FNO3. The van der Waals surface area contributed by atoms with Crippen molar-refractivity contribution in [3.05, 3.63) is 35.6 Å². The fraction of sp³-hybridized carbons (Fsp3) is 0.467. The summed E-state index contributed by atoms with van der Waals surface area (Å²) in [6.45, 7) is 0. The fourth-order valence-corrected chi connectivity index (χ4v) is 2.60. The molecule has 0 unspecified atom stereocenters. The van der Waals surface area contributed by atoms with E-state index < -0.39 is 12.0 Å². The first-order chi connectivity index (χ1) is 9.56. The van der Waals surface area contributed by atoms with Gasteiger partial charge in [-0.05, 0) is 30.5 Å². The van der Waals surface area contributed by atoms with E-state index in [1.165, 1.54) is 24.3 Å². The second-order valence-corrected chi connectivity index (χ2v) is 5.19. The van der Waals surface area contributed by atoms with Crippen molar-refractivity contribution in [2.45, 2.75) is 38.1 Å². The first kappa shape index (κ1) is 14.5. The summed E-state index contributed by atoms with van der Waals surface area (Å²) in [5, 5.41) is 11.7. The van der Waals surface area contributed by atoms with Gasteiger partial charge in [-0.1, -0.05) is 25.0 Å². The molecule has 0 aliphatic heterocycles. The summed E-state index contributed by atoms with van der Waals surface area (Å²) in [5.74, 6) is -1.50. The molecule has 4 nitrogen and oxygen atoms in total. The average molecular weight is 279 g/mol. The molecule has 1 fully saturated rings. The van der Waals surface area contributed by atoms with Crippen molar-refractivity contribution >= 4 is 11.9 Å². The molecule has 1 aliphatic rings. The Kier molecular flexibility index (Phi) is 4.71. The molecule has 5 heteroatoms. The van der Waals surface area contributed by atoms with Crippen LogP contribution in [0.5, 0.6) is 0 Å². The zero-order valence-corrected chi connectivity index (χ0v) is 11.1. The molecule has 0 saturated heterocycles. The van der Waals surface area contributed by atoms with Crippen LogP contribution >= 0.6 is 0 Å². The first-order valence-corrected chi connectivity index (χ1v) is 6.84. The van der Waals surface area contributed by atoms with Crippen molar-refractivity contribution in [2.24, 2.45) is 5.92 Å². The van der Waals surface area contributed by atoms with Crippen molar-refractivity contribution < 1.29 is 19.1 Å². The molecule has 0 heterocycles. The second kappa shape index (κ2) is 6.50. The Balaban J connectivity index is 2.08. The van der Waals surface area contributed by atoms with E-state index in [-0.39, 0.29) is 24.1 Å². The van der Waals surface area contributed by atoms with E-state index in [0.717, 1.165) is 25.7 Å². The van der Waals surface area contributed by atoms with E-state index >= 15 is 0 Å². The van der Waals surface area contributed by atoms with Gasteiger partial charge in [-0.2, -0.15) is 0 Å². The van der Waals surface area contributed by atoms with Crippen LogP contribution in [0.25, 0.3) is 0 Å². The topological polar surface area (TPSA) is 66.4 Å². The van der Waals surface area contributed by atoms with Crippen LogP contribution in [-0.2, 0) is 9.59 Å². The number of carbonyl (C=O) groups excluding carboxylic acids is 1. The summed E-state index contributed by atoms with van der Waals surface area (Å²) < 4.78 is 12.9. The summed E-state index contributed by atoms with van der Waals surface area (Å²) in [7, 11) is 0. The predicted octanol–water partition coefficient (Wildman–Crippen LogP) is 2.65. The second-order valence-electron chi connectivity index (χ2n) is 5.19. The van der Waals surface area contributed by atoms with Gasteiger partial charge in [-0.3, -0.25) is 9.59 Å². The van der Waals surface area contributed by atoms with Crippen LogP contribution in [0.3, 0.4) is 0 Å². The fourth-order valence-electron chi connectivity index (χ4n) is 2.60. The molecule has 1 aromatic rings. The van der Waals surface area contributed by atoms with E-state index in [1.807, 2.05) is 0 Å². The molecule has 20 heavy (non-hydrogen) atoms. The highest BCUT2D eigenvalue weighted by molar-refractivity contribution is 5.80. The Morgan fingerprint density at radius 3 is 2.40 bits per heavy atom. The maximum atomic E-state index is 12.9. The highest BCUT2D eigenvalue weighted by atomic mass is 19.1. The number of amides is 1. The number of nitrogens with one attached hydrogen (secondary N) is 1. The van der Waals surface area contributed by atoms with Crippen LogP contribution in [0.1, 0.15) is 43.7 Å². The number of halogens is 1. The SMILES string of the molecule is O=C(O)C[C@H](NC(=O)C1CCCC1)c1ccc(F)cc1. The molecule has 1 saturated carbocycles. The predicted molar refractivity (Wildman–Crippen MR) is 71.5 cm³/mol. The number of hydrogen-bond acceptors (Lipinski definition) is 2. The van der Waals surface area contributed by atoms with Gasteiger partial charge in [-0.25, -0.2) is 4.39 Å². The standard InChI is InChI=1S/C15H18FNO3/c16-12-7-5-10(6-8-12)13(9-14(18)19)17-15(20)11-3-1-2-4-11/h5-8,11,13H,1-4,9H2,(H,17,20)(H,18,19)/t13-/m0/s1. The number of carbonyl (C=O) groups is 2. The van der Waals surface area contributed by atoms with Gasteiger partial charge in [-0.15, -0.1) is 0 Å². The van der Waals surface area contributed by atoms with Crippen LogP contribution < -0.4 is 5.32 Å².